The fourth-order valence-corrected chi connectivity index (χ4v) is 4.84. The summed E-state index contributed by atoms with van der Waals surface area (Å²) in [5.74, 6) is -0.00771. The van der Waals surface area contributed by atoms with Crippen LogP contribution in [-0.2, 0) is 11.8 Å². The Kier molecular flexibility index (Phi) is 6.65. The monoisotopic (exact) mass is 555 g/mol. The maximum Gasteiger partial charge on any atom is 0.407 e. The number of furan rings is 1. The predicted octanol–water partition coefficient (Wildman–Crippen LogP) is 6.17. The Labute approximate surface area is 228 Å². The highest BCUT2D eigenvalue weighted by Gasteiger charge is 2.48. The Morgan fingerprint density at radius 1 is 1.15 bits per heavy atom. The zero-order valence-corrected chi connectivity index (χ0v) is 22.5. The van der Waals surface area contributed by atoms with Gasteiger partial charge in [-0.3, -0.25) is 10.1 Å². The fraction of sp³-hybridized carbons (Fsp3) is 0.414. The maximum absolute atomic E-state index is 14.6. The third-order valence-electron chi connectivity index (χ3n) is 7.26. The van der Waals surface area contributed by atoms with Crippen LogP contribution in [-0.4, -0.2) is 38.9 Å². The van der Waals surface area contributed by atoms with Gasteiger partial charge < -0.3 is 14.3 Å². The second kappa shape index (κ2) is 9.63. The van der Waals surface area contributed by atoms with E-state index in [9.17, 15) is 27.6 Å². The van der Waals surface area contributed by atoms with E-state index in [1.165, 1.54) is 26.0 Å². The summed E-state index contributed by atoms with van der Waals surface area (Å²) in [6, 6.07) is 7.79. The number of nitrogens with one attached hydrogen (secondary N) is 2. The summed E-state index contributed by atoms with van der Waals surface area (Å²) in [7, 11) is 1.89. The minimum absolute atomic E-state index is 0.185. The lowest BCUT2D eigenvalue weighted by Gasteiger charge is -2.30. The number of imidazole rings is 1. The van der Waals surface area contributed by atoms with Gasteiger partial charge in [0.2, 0.25) is 5.91 Å². The molecule has 2 aromatic carbocycles. The van der Waals surface area contributed by atoms with Gasteiger partial charge in [0.25, 0.3) is 0 Å². The molecule has 0 spiro atoms. The molecule has 210 valence electrons. The van der Waals surface area contributed by atoms with Gasteiger partial charge in [0.15, 0.2) is 0 Å². The molecular weight excluding hydrogens is 526 g/mol. The zero-order chi connectivity index (χ0) is 29.0. The number of nitrogens with zero attached hydrogens (tertiary/aromatic N) is 3. The van der Waals surface area contributed by atoms with E-state index in [-0.39, 0.29) is 11.1 Å². The van der Waals surface area contributed by atoms with Crippen LogP contribution in [0.1, 0.15) is 50.5 Å². The van der Waals surface area contributed by atoms with Crippen LogP contribution < -0.4 is 10.6 Å². The summed E-state index contributed by atoms with van der Waals surface area (Å²) in [6.45, 7) is 4.27. The summed E-state index contributed by atoms with van der Waals surface area (Å²) >= 11 is 0. The van der Waals surface area contributed by atoms with Crippen molar-refractivity contribution in [3.8, 4) is 17.3 Å². The molecule has 2 heterocycles. The van der Waals surface area contributed by atoms with E-state index in [0.29, 0.717) is 23.8 Å². The van der Waals surface area contributed by atoms with Crippen molar-refractivity contribution in [2.45, 2.75) is 69.5 Å². The number of fused-ring (bicyclic) bond motifs is 3. The molecule has 7 nitrogen and oxygen atoms in total. The number of hydrogen-bond acceptors (Lipinski definition) is 5. The Bertz CT molecular complexity index is 1620. The molecule has 2 atom stereocenters. The van der Waals surface area contributed by atoms with E-state index in [0.717, 1.165) is 22.5 Å². The highest BCUT2D eigenvalue weighted by molar-refractivity contribution is 6.06. The van der Waals surface area contributed by atoms with Gasteiger partial charge in [-0.25, -0.2) is 9.37 Å². The standard InChI is InChI=1S/C29H29F4N5O2/c1-16-35-22(14-38(16)4)17-6-8-23-20(11-17)19-7-5-18(12-24(19)40-23)25(29(31,32)33)36-21(13-27(2,3)30)26(39)37-28(15-34)9-10-28/h5-8,11-12,14,21,25,36H,9-10,13H2,1-4H3,(H,37,39). The van der Waals surface area contributed by atoms with Crippen LogP contribution in [0.3, 0.4) is 0 Å². The molecular formula is C29H29F4N5O2. The molecule has 2 unspecified atom stereocenters. The quantitative estimate of drug-likeness (QED) is 0.254. The van der Waals surface area contributed by atoms with Crippen LogP contribution in [0.4, 0.5) is 17.6 Å². The second-order valence-corrected chi connectivity index (χ2v) is 11.2. The molecule has 4 aromatic rings. The molecule has 2 aromatic heterocycles. The first-order valence-corrected chi connectivity index (χ1v) is 12.9. The molecule has 0 radical (unpaired) electrons. The molecule has 0 bridgehead atoms. The number of halogens is 4. The summed E-state index contributed by atoms with van der Waals surface area (Å²) < 4.78 is 65.5. The minimum Gasteiger partial charge on any atom is -0.456 e. The summed E-state index contributed by atoms with van der Waals surface area (Å²) in [6.07, 6.45) is -2.64. The molecule has 5 rings (SSSR count). The third-order valence-corrected chi connectivity index (χ3v) is 7.26. The van der Waals surface area contributed by atoms with Crippen molar-refractivity contribution < 1.29 is 26.8 Å². The number of carbonyl (C=O) groups excluding carboxylic acids is 1. The Hall–Kier alpha value is -3.91. The third kappa shape index (κ3) is 5.54. The van der Waals surface area contributed by atoms with Crippen LogP contribution in [0, 0.1) is 18.3 Å². The Morgan fingerprint density at radius 2 is 1.88 bits per heavy atom. The Balaban J connectivity index is 1.50. The number of nitriles is 1. The molecule has 0 saturated heterocycles. The van der Waals surface area contributed by atoms with E-state index in [1.807, 2.05) is 42.9 Å². The van der Waals surface area contributed by atoms with Crippen molar-refractivity contribution >= 4 is 27.8 Å². The van der Waals surface area contributed by atoms with E-state index >= 15 is 0 Å². The van der Waals surface area contributed by atoms with Crippen molar-refractivity contribution in [3.63, 3.8) is 0 Å². The lowest BCUT2D eigenvalue weighted by Crippen LogP contribution is -2.53. The molecule has 40 heavy (non-hydrogen) atoms. The van der Waals surface area contributed by atoms with Crippen LogP contribution in [0.2, 0.25) is 0 Å². The second-order valence-electron chi connectivity index (χ2n) is 11.2. The van der Waals surface area contributed by atoms with Gasteiger partial charge in [-0.2, -0.15) is 18.4 Å². The largest absolute Gasteiger partial charge is 0.456 e. The molecule has 1 aliphatic rings. The highest BCUT2D eigenvalue weighted by Crippen LogP contribution is 2.39. The van der Waals surface area contributed by atoms with Gasteiger partial charge in [-0.1, -0.05) is 12.1 Å². The lowest BCUT2D eigenvalue weighted by atomic mass is 9.96. The number of hydrogen-bond donors (Lipinski definition) is 2. The lowest BCUT2D eigenvalue weighted by molar-refractivity contribution is -0.161. The predicted molar refractivity (Wildman–Crippen MR) is 142 cm³/mol. The fourth-order valence-electron chi connectivity index (χ4n) is 4.84. The zero-order valence-electron chi connectivity index (χ0n) is 22.5. The van der Waals surface area contributed by atoms with Crippen LogP contribution in [0.15, 0.2) is 47.0 Å². The highest BCUT2D eigenvalue weighted by atomic mass is 19.4. The van der Waals surface area contributed by atoms with Crippen molar-refractivity contribution in [3.05, 3.63) is 54.0 Å². The number of alkyl halides is 4. The molecule has 0 aliphatic heterocycles. The topological polar surface area (TPSA) is 95.9 Å². The molecule has 1 fully saturated rings. The van der Waals surface area contributed by atoms with Gasteiger partial charge in [0.05, 0.1) is 17.8 Å². The summed E-state index contributed by atoms with van der Waals surface area (Å²) in [5, 5.41) is 15.5. The van der Waals surface area contributed by atoms with E-state index in [2.05, 4.69) is 15.6 Å². The molecule has 1 amide bonds. The van der Waals surface area contributed by atoms with E-state index in [4.69, 9.17) is 4.42 Å². The first-order chi connectivity index (χ1) is 18.7. The number of rotatable bonds is 8. The molecule has 1 aliphatic carbocycles. The summed E-state index contributed by atoms with van der Waals surface area (Å²) in [5.41, 5.74) is -0.888. The number of benzene rings is 2. The van der Waals surface area contributed by atoms with Gasteiger partial charge in [0.1, 0.15) is 34.2 Å². The first-order valence-electron chi connectivity index (χ1n) is 12.9. The van der Waals surface area contributed by atoms with E-state index < -0.39 is 41.8 Å². The van der Waals surface area contributed by atoms with Crippen LogP contribution in [0.5, 0.6) is 0 Å². The van der Waals surface area contributed by atoms with Gasteiger partial charge in [-0.05, 0) is 63.4 Å². The van der Waals surface area contributed by atoms with Crippen molar-refractivity contribution in [2.24, 2.45) is 7.05 Å². The van der Waals surface area contributed by atoms with Crippen LogP contribution in [0.25, 0.3) is 33.2 Å². The number of aromatic nitrogens is 2. The molecule has 1 saturated carbocycles. The van der Waals surface area contributed by atoms with Crippen LogP contribution >= 0.6 is 0 Å². The molecule has 2 N–H and O–H groups in total. The molecule has 11 heteroatoms. The van der Waals surface area contributed by atoms with Crippen molar-refractivity contribution in [2.75, 3.05) is 0 Å². The van der Waals surface area contributed by atoms with Gasteiger partial charge >= 0.3 is 6.18 Å². The average molecular weight is 556 g/mol. The number of aryl methyl sites for hydroxylation is 2. The minimum atomic E-state index is -4.81. The SMILES string of the molecule is Cc1nc(-c2ccc3oc4cc(C(NC(CC(C)(C)F)C(=O)NC5(C#N)CC5)C(F)(F)F)ccc4c3c2)cn1C. The number of amides is 1. The van der Waals surface area contributed by atoms with Gasteiger partial charge in [0, 0.05) is 36.0 Å². The van der Waals surface area contributed by atoms with Crippen molar-refractivity contribution in [1.82, 2.24) is 20.2 Å². The average Bonchev–Trinajstić information content (AvgIpc) is 3.42. The number of carbonyl (C=O) groups is 1. The first kappa shape index (κ1) is 27.6. The van der Waals surface area contributed by atoms with Gasteiger partial charge in [-0.15, -0.1) is 0 Å². The maximum atomic E-state index is 14.6. The van der Waals surface area contributed by atoms with E-state index in [1.54, 1.807) is 12.1 Å². The smallest absolute Gasteiger partial charge is 0.407 e. The Morgan fingerprint density at radius 3 is 2.45 bits per heavy atom. The van der Waals surface area contributed by atoms with Crippen molar-refractivity contribution in [1.29, 1.82) is 5.26 Å². The summed E-state index contributed by atoms with van der Waals surface area (Å²) in [4.78, 5) is 17.5. The normalized spacial score (nSPS) is 16.6.